The minimum absolute atomic E-state index is 0.402. The Hall–Kier alpha value is -0.480. The van der Waals surface area contributed by atoms with Gasteiger partial charge in [-0.05, 0) is 41.4 Å². The first-order valence-electron chi connectivity index (χ1n) is 4.58. The highest BCUT2D eigenvalue weighted by Crippen LogP contribution is 2.22. The van der Waals surface area contributed by atoms with Crippen LogP contribution in [0.2, 0.25) is 0 Å². The Bertz CT molecular complexity index is 284. The Morgan fingerprint density at radius 1 is 1.46 bits per heavy atom. The molecule has 0 radical (unpaired) electrons. The number of hydrogen-bond donors (Lipinski definition) is 1. The van der Waals surface area contributed by atoms with E-state index >= 15 is 0 Å². The monoisotopic (exact) mass is 241 g/mol. The van der Waals surface area contributed by atoms with Gasteiger partial charge in [0.2, 0.25) is 0 Å². The van der Waals surface area contributed by atoms with E-state index in [2.05, 4.69) is 31.4 Å². The average molecular weight is 242 g/mol. The van der Waals surface area contributed by atoms with Crippen LogP contribution in [0.5, 0.6) is 0 Å². The molecule has 3 nitrogen and oxygen atoms in total. The summed E-state index contributed by atoms with van der Waals surface area (Å²) in [5.41, 5.74) is 1.05. The van der Waals surface area contributed by atoms with Gasteiger partial charge in [-0.1, -0.05) is 6.42 Å². The lowest BCUT2D eigenvalue weighted by atomic mass is 10.0. The van der Waals surface area contributed by atoms with E-state index in [1.807, 2.05) is 6.07 Å². The summed E-state index contributed by atoms with van der Waals surface area (Å²) < 4.78 is 1.00. The summed E-state index contributed by atoms with van der Waals surface area (Å²) in [6, 6.07) is 2.44. The van der Waals surface area contributed by atoms with Crippen LogP contribution in [0.3, 0.4) is 0 Å². The van der Waals surface area contributed by atoms with Crippen LogP contribution >= 0.6 is 15.9 Å². The first-order chi connectivity index (χ1) is 6.36. The maximum atomic E-state index is 4.12. The first-order valence-corrected chi connectivity index (χ1v) is 5.37. The van der Waals surface area contributed by atoms with Crippen LogP contribution in [0.4, 0.5) is 0 Å². The highest BCUT2D eigenvalue weighted by atomic mass is 79.9. The molecular weight excluding hydrogens is 230 g/mol. The third-order valence-electron chi connectivity index (χ3n) is 2.31. The second kappa shape index (κ2) is 4.15. The summed E-state index contributed by atoms with van der Waals surface area (Å²) in [6.45, 7) is 1.10. The third kappa shape index (κ3) is 2.25. The molecule has 1 N–H and O–H groups in total. The summed E-state index contributed by atoms with van der Waals surface area (Å²) in [5, 5.41) is 11.5. The summed E-state index contributed by atoms with van der Waals surface area (Å²) >= 11 is 3.40. The first kappa shape index (κ1) is 9.09. The van der Waals surface area contributed by atoms with Crippen molar-refractivity contribution in [3.63, 3.8) is 0 Å². The fourth-order valence-electron chi connectivity index (χ4n) is 1.63. The molecule has 0 saturated carbocycles. The molecule has 0 bridgehead atoms. The van der Waals surface area contributed by atoms with E-state index in [1.54, 1.807) is 6.20 Å². The summed E-state index contributed by atoms with van der Waals surface area (Å²) in [7, 11) is 0. The SMILES string of the molecule is Brc1cnnc(C2CCCCN2)c1. The zero-order chi connectivity index (χ0) is 9.10. The molecule has 1 aromatic heterocycles. The van der Waals surface area contributed by atoms with Crippen LogP contribution in [-0.4, -0.2) is 16.7 Å². The lowest BCUT2D eigenvalue weighted by Crippen LogP contribution is -2.27. The van der Waals surface area contributed by atoms with Gasteiger partial charge in [-0.15, -0.1) is 0 Å². The number of aromatic nitrogens is 2. The summed E-state index contributed by atoms with van der Waals surface area (Å²) in [6.07, 6.45) is 5.45. The van der Waals surface area contributed by atoms with Crippen LogP contribution in [0.1, 0.15) is 31.0 Å². The fourth-order valence-corrected chi connectivity index (χ4v) is 1.96. The van der Waals surface area contributed by atoms with Crippen molar-refractivity contribution in [3.05, 3.63) is 22.4 Å². The molecule has 1 atom stereocenters. The molecule has 1 aromatic rings. The number of halogens is 1. The molecule has 1 aliphatic rings. The standard InChI is InChI=1S/C9H12BrN3/c10-7-5-9(13-12-6-7)8-3-1-2-4-11-8/h5-6,8,11H,1-4H2. The van der Waals surface area contributed by atoms with Crippen molar-refractivity contribution in [1.29, 1.82) is 0 Å². The molecule has 0 spiro atoms. The predicted octanol–water partition coefficient (Wildman–Crippen LogP) is 2.05. The maximum absolute atomic E-state index is 4.12. The maximum Gasteiger partial charge on any atom is 0.0811 e. The Balaban J connectivity index is 2.14. The van der Waals surface area contributed by atoms with Gasteiger partial charge in [-0.25, -0.2) is 0 Å². The van der Waals surface area contributed by atoms with Gasteiger partial charge in [0.1, 0.15) is 0 Å². The molecule has 1 unspecified atom stereocenters. The van der Waals surface area contributed by atoms with E-state index in [1.165, 1.54) is 19.3 Å². The molecule has 1 saturated heterocycles. The molecule has 1 aliphatic heterocycles. The zero-order valence-electron chi connectivity index (χ0n) is 7.33. The predicted molar refractivity (Wildman–Crippen MR) is 54.3 cm³/mol. The van der Waals surface area contributed by atoms with Crippen molar-refractivity contribution in [3.8, 4) is 0 Å². The lowest BCUT2D eigenvalue weighted by Gasteiger charge is -2.22. The van der Waals surface area contributed by atoms with Crippen LogP contribution < -0.4 is 5.32 Å². The summed E-state index contributed by atoms with van der Waals surface area (Å²) in [4.78, 5) is 0. The van der Waals surface area contributed by atoms with E-state index in [0.29, 0.717) is 6.04 Å². The molecule has 1 fully saturated rings. The van der Waals surface area contributed by atoms with Gasteiger partial charge in [0.25, 0.3) is 0 Å². The number of nitrogens with zero attached hydrogens (tertiary/aromatic N) is 2. The van der Waals surface area contributed by atoms with Gasteiger partial charge in [0, 0.05) is 4.47 Å². The molecule has 4 heteroatoms. The number of rotatable bonds is 1. The molecular formula is C9H12BrN3. The van der Waals surface area contributed by atoms with Gasteiger partial charge in [-0.2, -0.15) is 10.2 Å². The second-order valence-corrected chi connectivity index (χ2v) is 4.22. The van der Waals surface area contributed by atoms with E-state index in [4.69, 9.17) is 0 Å². The van der Waals surface area contributed by atoms with Crippen LogP contribution in [0.15, 0.2) is 16.7 Å². The molecule has 2 heterocycles. The molecule has 2 rings (SSSR count). The van der Waals surface area contributed by atoms with Crippen molar-refractivity contribution in [2.75, 3.05) is 6.54 Å². The van der Waals surface area contributed by atoms with Crippen molar-refractivity contribution in [1.82, 2.24) is 15.5 Å². The molecule has 0 amide bonds. The summed E-state index contributed by atoms with van der Waals surface area (Å²) in [5.74, 6) is 0. The van der Waals surface area contributed by atoms with Crippen LogP contribution in [0, 0.1) is 0 Å². The quantitative estimate of drug-likeness (QED) is 0.819. The Kier molecular flexibility index (Phi) is 2.90. The Morgan fingerprint density at radius 3 is 3.08 bits per heavy atom. The average Bonchev–Trinajstić information content (AvgIpc) is 2.19. The van der Waals surface area contributed by atoms with E-state index in [0.717, 1.165) is 16.7 Å². The zero-order valence-corrected chi connectivity index (χ0v) is 8.92. The molecule has 0 aliphatic carbocycles. The van der Waals surface area contributed by atoms with Gasteiger partial charge < -0.3 is 5.32 Å². The van der Waals surface area contributed by atoms with Crippen molar-refractivity contribution in [2.24, 2.45) is 0 Å². The topological polar surface area (TPSA) is 37.8 Å². The van der Waals surface area contributed by atoms with Crippen LogP contribution in [0.25, 0.3) is 0 Å². The largest absolute Gasteiger partial charge is 0.309 e. The van der Waals surface area contributed by atoms with Gasteiger partial charge in [0.15, 0.2) is 0 Å². The second-order valence-electron chi connectivity index (χ2n) is 3.30. The van der Waals surface area contributed by atoms with Gasteiger partial charge in [0.05, 0.1) is 17.9 Å². The van der Waals surface area contributed by atoms with Crippen molar-refractivity contribution >= 4 is 15.9 Å². The minimum Gasteiger partial charge on any atom is -0.309 e. The minimum atomic E-state index is 0.402. The smallest absolute Gasteiger partial charge is 0.0811 e. The normalized spacial score (nSPS) is 23.0. The highest BCUT2D eigenvalue weighted by Gasteiger charge is 2.16. The fraction of sp³-hybridized carbons (Fsp3) is 0.556. The van der Waals surface area contributed by atoms with E-state index < -0.39 is 0 Å². The Morgan fingerprint density at radius 2 is 2.38 bits per heavy atom. The van der Waals surface area contributed by atoms with Gasteiger partial charge in [-0.3, -0.25) is 0 Å². The highest BCUT2D eigenvalue weighted by molar-refractivity contribution is 9.10. The van der Waals surface area contributed by atoms with E-state index in [9.17, 15) is 0 Å². The molecule has 13 heavy (non-hydrogen) atoms. The lowest BCUT2D eigenvalue weighted by molar-refractivity contribution is 0.402. The van der Waals surface area contributed by atoms with Crippen LogP contribution in [-0.2, 0) is 0 Å². The molecule has 70 valence electrons. The third-order valence-corrected chi connectivity index (χ3v) is 2.74. The van der Waals surface area contributed by atoms with Crippen molar-refractivity contribution < 1.29 is 0 Å². The number of hydrogen-bond acceptors (Lipinski definition) is 3. The number of piperidine rings is 1. The number of nitrogens with one attached hydrogen (secondary N) is 1. The molecule has 0 aromatic carbocycles. The Labute approximate surface area is 86.1 Å². The van der Waals surface area contributed by atoms with E-state index in [-0.39, 0.29) is 0 Å². The van der Waals surface area contributed by atoms with Crippen molar-refractivity contribution in [2.45, 2.75) is 25.3 Å². The van der Waals surface area contributed by atoms with Gasteiger partial charge >= 0.3 is 0 Å².